The number of carbonyl (C=O) groups is 3. The number of non-ortho nitro benzene ring substituents is 1. The minimum Gasteiger partial charge on any atom is -0.507 e. The van der Waals surface area contributed by atoms with Gasteiger partial charge in [-0.05, 0) is 43.5 Å². The molecule has 1 aromatic carbocycles. The van der Waals surface area contributed by atoms with E-state index < -0.39 is 34.5 Å². The van der Waals surface area contributed by atoms with Crippen LogP contribution in [0.5, 0.6) is 0 Å². The smallest absolute Gasteiger partial charge is 0.409 e. The first-order valence-electron chi connectivity index (χ1n) is 11.2. The fraction of sp³-hybridized carbons (Fsp3) is 0.333. The molecule has 11 heteroatoms. The van der Waals surface area contributed by atoms with Crippen molar-refractivity contribution in [2.75, 3.05) is 19.7 Å². The third-order valence-corrected chi connectivity index (χ3v) is 6.22. The second-order valence-corrected chi connectivity index (χ2v) is 8.21. The predicted octanol–water partition coefficient (Wildman–Crippen LogP) is 3.03. The number of Topliss-reactive ketones (excluding diaryl/α,β-unsaturated/α-hetero) is 1. The Kier molecular flexibility index (Phi) is 6.76. The molecular formula is C24H24N4O7. The van der Waals surface area contributed by atoms with Crippen molar-refractivity contribution in [2.24, 2.45) is 0 Å². The lowest BCUT2D eigenvalue weighted by atomic mass is 9.94. The van der Waals surface area contributed by atoms with Crippen LogP contribution in [0, 0.1) is 10.1 Å². The Morgan fingerprint density at radius 3 is 2.46 bits per heavy atom. The SMILES string of the molecule is CCOC(=O)N1CCC(N2C(=O)C(=O)/C(=C(/O)c3ccc([N+](=O)[O-])cc3)C2c2cccnc2)CC1. The molecule has 2 saturated heterocycles. The van der Waals surface area contributed by atoms with Crippen molar-refractivity contribution in [3.63, 3.8) is 0 Å². The van der Waals surface area contributed by atoms with E-state index in [-0.39, 0.29) is 29.5 Å². The zero-order chi connectivity index (χ0) is 25.1. The van der Waals surface area contributed by atoms with Gasteiger partial charge in [0.25, 0.3) is 17.4 Å². The van der Waals surface area contributed by atoms with Gasteiger partial charge in [-0.15, -0.1) is 0 Å². The number of benzene rings is 1. The Bertz CT molecular complexity index is 1170. The molecule has 2 aromatic rings. The van der Waals surface area contributed by atoms with Crippen LogP contribution in [0.15, 0.2) is 54.4 Å². The summed E-state index contributed by atoms with van der Waals surface area (Å²) in [7, 11) is 0. The summed E-state index contributed by atoms with van der Waals surface area (Å²) in [6.45, 7) is 2.70. The predicted molar refractivity (Wildman–Crippen MR) is 123 cm³/mol. The number of aliphatic hydroxyl groups is 1. The first-order chi connectivity index (χ1) is 16.8. The van der Waals surface area contributed by atoms with Gasteiger partial charge in [-0.25, -0.2) is 4.79 Å². The molecule has 11 nitrogen and oxygen atoms in total. The molecule has 0 bridgehead atoms. The molecule has 0 radical (unpaired) electrons. The van der Waals surface area contributed by atoms with Crippen LogP contribution in [0.4, 0.5) is 10.5 Å². The largest absolute Gasteiger partial charge is 0.507 e. The number of hydrogen-bond donors (Lipinski definition) is 1. The summed E-state index contributed by atoms with van der Waals surface area (Å²) in [5, 5.41) is 22.1. The number of aromatic nitrogens is 1. The summed E-state index contributed by atoms with van der Waals surface area (Å²) < 4.78 is 5.05. The number of pyridine rings is 1. The molecule has 2 fully saturated rings. The number of aliphatic hydroxyl groups excluding tert-OH is 1. The summed E-state index contributed by atoms with van der Waals surface area (Å²) in [5.41, 5.74) is 0.450. The number of nitro groups is 1. The molecule has 4 rings (SSSR count). The second kappa shape index (κ2) is 9.92. The van der Waals surface area contributed by atoms with Crippen LogP contribution in [0.25, 0.3) is 5.76 Å². The van der Waals surface area contributed by atoms with E-state index in [1.807, 2.05) is 0 Å². The van der Waals surface area contributed by atoms with Gasteiger partial charge in [-0.2, -0.15) is 0 Å². The normalized spacial score (nSPS) is 20.2. The highest BCUT2D eigenvalue weighted by atomic mass is 16.6. The standard InChI is InChI=1S/C24H24N4O7/c1-2-35-24(32)26-12-9-17(10-13-26)27-20(16-4-3-11-25-14-16)19(22(30)23(27)31)21(29)15-5-7-18(8-6-15)28(33)34/h3-8,11,14,17,20,29H,2,9-10,12-13H2,1H3/b21-19+. The van der Waals surface area contributed by atoms with Crippen LogP contribution in [-0.2, 0) is 14.3 Å². The minimum absolute atomic E-state index is 0.107. The van der Waals surface area contributed by atoms with Crippen LogP contribution in [-0.4, -0.2) is 68.3 Å². The topological polar surface area (TPSA) is 143 Å². The molecule has 2 aliphatic rings. The lowest BCUT2D eigenvalue weighted by Gasteiger charge is -2.38. The number of nitrogens with zero attached hydrogens (tertiary/aromatic N) is 4. The molecule has 1 N–H and O–H groups in total. The number of likely N-dealkylation sites (tertiary alicyclic amines) is 2. The van der Waals surface area contributed by atoms with Crippen molar-refractivity contribution in [3.8, 4) is 0 Å². The maximum absolute atomic E-state index is 13.2. The second-order valence-electron chi connectivity index (χ2n) is 8.21. The van der Waals surface area contributed by atoms with Gasteiger partial charge < -0.3 is 19.6 Å². The highest BCUT2D eigenvalue weighted by Gasteiger charge is 2.49. The highest BCUT2D eigenvalue weighted by Crippen LogP contribution is 2.42. The Balaban J connectivity index is 1.71. The quantitative estimate of drug-likeness (QED) is 0.226. The molecule has 0 spiro atoms. The fourth-order valence-electron chi connectivity index (χ4n) is 4.53. The lowest BCUT2D eigenvalue weighted by Crippen LogP contribution is -2.48. The van der Waals surface area contributed by atoms with Crippen molar-refractivity contribution in [2.45, 2.75) is 31.8 Å². The van der Waals surface area contributed by atoms with Crippen molar-refractivity contribution >= 4 is 29.2 Å². The summed E-state index contributed by atoms with van der Waals surface area (Å²) in [5.74, 6) is -2.02. The van der Waals surface area contributed by atoms with E-state index in [1.54, 1.807) is 30.2 Å². The molecule has 1 unspecified atom stereocenters. The van der Waals surface area contributed by atoms with Gasteiger partial charge in [-0.3, -0.25) is 24.7 Å². The molecule has 1 aromatic heterocycles. The van der Waals surface area contributed by atoms with Gasteiger partial charge in [0.1, 0.15) is 5.76 Å². The molecule has 1 atom stereocenters. The van der Waals surface area contributed by atoms with Crippen LogP contribution in [0.2, 0.25) is 0 Å². The Labute approximate surface area is 200 Å². The molecule has 2 aliphatic heterocycles. The van der Waals surface area contributed by atoms with E-state index in [9.17, 15) is 29.6 Å². The maximum atomic E-state index is 13.2. The third-order valence-electron chi connectivity index (χ3n) is 6.22. The van der Waals surface area contributed by atoms with Crippen molar-refractivity contribution in [1.29, 1.82) is 0 Å². The number of carbonyl (C=O) groups excluding carboxylic acids is 3. The molecule has 3 heterocycles. The van der Waals surface area contributed by atoms with Gasteiger partial charge in [0.05, 0.1) is 23.1 Å². The number of hydrogen-bond acceptors (Lipinski definition) is 8. The lowest BCUT2D eigenvalue weighted by molar-refractivity contribution is -0.384. The van der Waals surface area contributed by atoms with E-state index in [2.05, 4.69) is 4.98 Å². The fourth-order valence-corrected chi connectivity index (χ4v) is 4.53. The van der Waals surface area contributed by atoms with E-state index in [1.165, 1.54) is 35.4 Å². The zero-order valence-electron chi connectivity index (χ0n) is 19.0. The summed E-state index contributed by atoms with van der Waals surface area (Å²) in [6.07, 6.45) is 3.53. The van der Waals surface area contributed by atoms with Gasteiger partial charge >= 0.3 is 6.09 Å². The monoisotopic (exact) mass is 480 g/mol. The van der Waals surface area contributed by atoms with E-state index >= 15 is 0 Å². The molecule has 0 aliphatic carbocycles. The number of amides is 2. The Hall–Kier alpha value is -4.28. The average molecular weight is 480 g/mol. The summed E-state index contributed by atoms with van der Waals surface area (Å²) in [4.78, 5) is 56.0. The molecule has 2 amide bonds. The van der Waals surface area contributed by atoms with Crippen LogP contribution in [0.3, 0.4) is 0 Å². The average Bonchev–Trinajstić information content (AvgIpc) is 3.14. The van der Waals surface area contributed by atoms with Crippen LogP contribution >= 0.6 is 0 Å². The summed E-state index contributed by atoms with van der Waals surface area (Å²) >= 11 is 0. The molecular weight excluding hydrogens is 456 g/mol. The number of rotatable bonds is 5. The van der Waals surface area contributed by atoms with Crippen molar-refractivity contribution in [1.82, 2.24) is 14.8 Å². The van der Waals surface area contributed by atoms with E-state index in [4.69, 9.17) is 4.74 Å². The minimum atomic E-state index is -0.891. The summed E-state index contributed by atoms with van der Waals surface area (Å²) in [6, 6.07) is 7.24. The number of ether oxygens (including phenoxy) is 1. The zero-order valence-corrected chi connectivity index (χ0v) is 19.0. The number of ketones is 1. The van der Waals surface area contributed by atoms with Gasteiger partial charge in [-0.1, -0.05) is 6.07 Å². The van der Waals surface area contributed by atoms with Gasteiger partial charge in [0, 0.05) is 49.2 Å². The number of piperidine rings is 1. The van der Waals surface area contributed by atoms with Crippen molar-refractivity contribution < 1.29 is 29.2 Å². The van der Waals surface area contributed by atoms with Gasteiger partial charge in [0.15, 0.2) is 0 Å². The molecule has 182 valence electrons. The van der Waals surface area contributed by atoms with E-state index in [0.29, 0.717) is 31.5 Å². The van der Waals surface area contributed by atoms with Crippen LogP contribution in [0.1, 0.15) is 36.9 Å². The molecule has 35 heavy (non-hydrogen) atoms. The van der Waals surface area contributed by atoms with E-state index in [0.717, 1.165) is 0 Å². The highest BCUT2D eigenvalue weighted by molar-refractivity contribution is 6.46. The van der Waals surface area contributed by atoms with Crippen molar-refractivity contribution in [3.05, 3.63) is 75.6 Å². The third kappa shape index (κ3) is 4.57. The molecule has 0 saturated carbocycles. The van der Waals surface area contributed by atoms with Crippen LogP contribution < -0.4 is 0 Å². The Morgan fingerprint density at radius 2 is 1.89 bits per heavy atom. The first-order valence-corrected chi connectivity index (χ1v) is 11.2. The maximum Gasteiger partial charge on any atom is 0.409 e. The Morgan fingerprint density at radius 1 is 1.20 bits per heavy atom. The number of nitro benzene ring substituents is 1. The van der Waals surface area contributed by atoms with Gasteiger partial charge in [0.2, 0.25) is 0 Å². The first kappa shape index (κ1) is 23.9.